The molecule has 1 amide bonds. The van der Waals surface area contributed by atoms with Crippen molar-refractivity contribution in [3.63, 3.8) is 0 Å². The number of aromatic nitrogens is 1. The first-order chi connectivity index (χ1) is 13.9. The molecule has 5 nitrogen and oxygen atoms in total. The second kappa shape index (κ2) is 9.24. The first kappa shape index (κ1) is 21.1. The Morgan fingerprint density at radius 3 is 2.72 bits per heavy atom. The van der Waals surface area contributed by atoms with Crippen molar-refractivity contribution < 1.29 is 14.3 Å². The third-order valence-corrected chi connectivity index (χ3v) is 6.10. The number of methoxy groups -OCH3 is 1. The Labute approximate surface area is 177 Å². The maximum absolute atomic E-state index is 12.8. The molecule has 0 N–H and O–H groups in total. The molecule has 0 aliphatic carbocycles. The monoisotopic (exact) mass is 426 g/mol. The summed E-state index contributed by atoms with van der Waals surface area (Å²) in [5, 5.41) is 0.429. The third-order valence-electron chi connectivity index (χ3n) is 4.07. The van der Waals surface area contributed by atoms with E-state index in [4.69, 9.17) is 4.74 Å². The fourth-order valence-electron chi connectivity index (χ4n) is 2.83. The topological polar surface area (TPSA) is 60.7 Å². The maximum atomic E-state index is 12.8. The molecule has 3 rings (SSSR count). The minimum Gasteiger partial charge on any atom is -0.465 e. The number of rotatable bonds is 6. The van der Waals surface area contributed by atoms with Crippen LogP contribution in [0.2, 0.25) is 0 Å². The van der Waals surface area contributed by atoms with E-state index in [2.05, 4.69) is 25.4 Å². The molecule has 2 aromatic carbocycles. The van der Waals surface area contributed by atoms with Gasteiger partial charge in [-0.05, 0) is 36.4 Å². The number of thiazole rings is 1. The lowest BCUT2D eigenvalue weighted by Gasteiger charge is -2.05. The van der Waals surface area contributed by atoms with E-state index in [-0.39, 0.29) is 5.91 Å². The van der Waals surface area contributed by atoms with Crippen LogP contribution in [0.25, 0.3) is 10.2 Å². The van der Waals surface area contributed by atoms with E-state index in [1.807, 2.05) is 28.8 Å². The molecule has 0 saturated carbocycles. The van der Waals surface area contributed by atoms with Crippen LogP contribution in [-0.2, 0) is 11.3 Å². The summed E-state index contributed by atoms with van der Waals surface area (Å²) < 4.78 is 7.56. The van der Waals surface area contributed by atoms with Crippen LogP contribution >= 0.6 is 23.1 Å². The summed E-state index contributed by atoms with van der Waals surface area (Å²) in [7, 11) is 1.35. The number of ether oxygens (including phenoxy) is 1. The average molecular weight is 427 g/mol. The van der Waals surface area contributed by atoms with Gasteiger partial charge >= 0.3 is 5.97 Å². The summed E-state index contributed by atoms with van der Waals surface area (Å²) in [5.41, 5.74) is 1.90. The van der Waals surface area contributed by atoms with Gasteiger partial charge in [-0.1, -0.05) is 37.3 Å². The van der Waals surface area contributed by atoms with Crippen molar-refractivity contribution in [2.75, 3.05) is 7.11 Å². The molecular weight excluding hydrogens is 404 g/mol. The fraction of sp³-hybridized carbons (Fsp3) is 0.227. The Hall–Kier alpha value is -2.64. The molecule has 3 aromatic rings. The van der Waals surface area contributed by atoms with Crippen LogP contribution in [0.1, 0.15) is 34.6 Å². The summed E-state index contributed by atoms with van der Waals surface area (Å²) >= 11 is 3.06. The molecule has 0 aliphatic rings. The van der Waals surface area contributed by atoms with Gasteiger partial charge in [0.25, 0.3) is 5.91 Å². The van der Waals surface area contributed by atoms with Gasteiger partial charge in [0.15, 0.2) is 4.80 Å². The lowest BCUT2D eigenvalue weighted by molar-refractivity contribution is 0.0601. The minimum atomic E-state index is -0.399. The summed E-state index contributed by atoms with van der Waals surface area (Å²) in [4.78, 5) is 30.6. The largest absolute Gasteiger partial charge is 0.465 e. The standard InChI is InChI=1S/C22H22N2O3S2/c1-5-11-24-18-10-9-16(21(26)27-4)13-19(18)29-22(24)23-20(25)15-7-6-8-17(12-15)28-14(2)3/h5-10,12-14H,1,11H2,2-4H3. The van der Waals surface area contributed by atoms with Crippen molar-refractivity contribution in [3.05, 3.63) is 71.0 Å². The second-order valence-electron chi connectivity index (χ2n) is 6.57. The maximum Gasteiger partial charge on any atom is 0.337 e. The predicted octanol–water partition coefficient (Wildman–Crippen LogP) is 4.92. The SMILES string of the molecule is C=CCn1c(=NC(=O)c2cccc(SC(C)C)c2)sc2cc(C(=O)OC)ccc21. The Balaban J connectivity index is 2.06. The van der Waals surface area contributed by atoms with Crippen molar-refractivity contribution in [2.45, 2.75) is 30.5 Å². The number of amides is 1. The van der Waals surface area contributed by atoms with E-state index < -0.39 is 5.97 Å². The van der Waals surface area contributed by atoms with E-state index >= 15 is 0 Å². The van der Waals surface area contributed by atoms with Gasteiger partial charge in [0, 0.05) is 22.3 Å². The van der Waals surface area contributed by atoms with Crippen LogP contribution in [0, 0.1) is 0 Å². The number of esters is 1. The number of hydrogen-bond acceptors (Lipinski definition) is 5. The van der Waals surface area contributed by atoms with Gasteiger partial charge < -0.3 is 9.30 Å². The minimum absolute atomic E-state index is 0.297. The summed E-state index contributed by atoms with van der Waals surface area (Å²) in [6.07, 6.45) is 1.75. The highest BCUT2D eigenvalue weighted by Gasteiger charge is 2.12. The predicted molar refractivity (Wildman–Crippen MR) is 119 cm³/mol. The van der Waals surface area contributed by atoms with Crippen molar-refractivity contribution in [1.82, 2.24) is 4.57 Å². The zero-order chi connectivity index (χ0) is 21.0. The number of carbonyl (C=O) groups is 2. The lowest BCUT2D eigenvalue weighted by Crippen LogP contribution is -2.16. The smallest absolute Gasteiger partial charge is 0.337 e. The highest BCUT2D eigenvalue weighted by Crippen LogP contribution is 2.24. The summed E-state index contributed by atoms with van der Waals surface area (Å²) in [5.74, 6) is -0.696. The number of allylic oxidation sites excluding steroid dienone is 1. The van der Waals surface area contributed by atoms with Gasteiger partial charge in [-0.3, -0.25) is 4.79 Å². The number of benzene rings is 2. The van der Waals surface area contributed by atoms with Gasteiger partial charge in [0.2, 0.25) is 0 Å². The Morgan fingerprint density at radius 1 is 1.24 bits per heavy atom. The van der Waals surface area contributed by atoms with Gasteiger partial charge in [0.05, 0.1) is 22.9 Å². The number of carbonyl (C=O) groups excluding carboxylic acids is 2. The Kier molecular flexibility index (Phi) is 6.71. The first-order valence-corrected chi connectivity index (χ1v) is 10.8. The van der Waals surface area contributed by atoms with Gasteiger partial charge in [0.1, 0.15) is 0 Å². The molecular formula is C22H22N2O3S2. The van der Waals surface area contributed by atoms with Crippen LogP contribution in [0.15, 0.2) is 65.0 Å². The van der Waals surface area contributed by atoms with E-state index in [1.165, 1.54) is 18.4 Å². The van der Waals surface area contributed by atoms with E-state index in [0.717, 1.165) is 15.1 Å². The summed E-state index contributed by atoms with van der Waals surface area (Å²) in [6.45, 7) is 8.53. The Morgan fingerprint density at radius 2 is 2.03 bits per heavy atom. The Bertz CT molecular complexity index is 1140. The zero-order valence-corrected chi connectivity index (χ0v) is 18.2. The van der Waals surface area contributed by atoms with Crippen LogP contribution in [0.5, 0.6) is 0 Å². The van der Waals surface area contributed by atoms with Crippen molar-refractivity contribution in [2.24, 2.45) is 4.99 Å². The normalized spacial score (nSPS) is 11.8. The molecule has 1 aromatic heterocycles. The second-order valence-corrected chi connectivity index (χ2v) is 9.23. The highest BCUT2D eigenvalue weighted by atomic mass is 32.2. The van der Waals surface area contributed by atoms with Crippen LogP contribution in [0.3, 0.4) is 0 Å². The van der Waals surface area contributed by atoms with E-state index in [1.54, 1.807) is 36.0 Å². The number of thioether (sulfide) groups is 1. The van der Waals surface area contributed by atoms with Crippen molar-refractivity contribution >= 4 is 45.2 Å². The molecule has 7 heteroatoms. The van der Waals surface area contributed by atoms with Crippen LogP contribution in [0.4, 0.5) is 0 Å². The molecule has 0 unspecified atom stereocenters. The van der Waals surface area contributed by atoms with Gasteiger partial charge in [-0.2, -0.15) is 4.99 Å². The van der Waals surface area contributed by atoms with E-state index in [9.17, 15) is 9.59 Å². The fourth-order valence-corrected chi connectivity index (χ4v) is 4.81. The molecule has 1 heterocycles. The van der Waals surface area contributed by atoms with Gasteiger partial charge in [-0.15, -0.1) is 18.3 Å². The third kappa shape index (κ3) is 4.86. The van der Waals surface area contributed by atoms with E-state index in [0.29, 0.717) is 27.7 Å². The zero-order valence-electron chi connectivity index (χ0n) is 16.5. The highest BCUT2D eigenvalue weighted by molar-refractivity contribution is 7.99. The molecule has 0 spiro atoms. The van der Waals surface area contributed by atoms with Gasteiger partial charge in [-0.25, -0.2) is 4.79 Å². The lowest BCUT2D eigenvalue weighted by atomic mass is 10.2. The quantitative estimate of drug-likeness (QED) is 0.319. The van der Waals surface area contributed by atoms with Crippen molar-refractivity contribution in [1.29, 1.82) is 0 Å². The summed E-state index contributed by atoms with van der Waals surface area (Å²) in [6, 6.07) is 12.8. The molecule has 0 bridgehead atoms. The molecule has 0 radical (unpaired) electrons. The molecule has 0 saturated heterocycles. The average Bonchev–Trinajstić information content (AvgIpc) is 3.03. The molecule has 0 atom stereocenters. The molecule has 29 heavy (non-hydrogen) atoms. The molecule has 150 valence electrons. The number of hydrogen-bond donors (Lipinski definition) is 0. The number of fused-ring (bicyclic) bond motifs is 1. The van der Waals surface area contributed by atoms with Crippen molar-refractivity contribution in [3.8, 4) is 0 Å². The number of nitrogens with zero attached hydrogens (tertiary/aromatic N) is 2. The first-order valence-electron chi connectivity index (χ1n) is 9.11. The van der Waals surface area contributed by atoms with Crippen LogP contribution in [-0.4, -0.2) is 28.8 Å². The molecule has 0 aliphatic heterocycles. The van der Waals surface area contributed by atoms with Crippen LogP contribution < -0.4 is 4.80 Å². The molecule has 0 fully saturated rings.